The van der Waals surface area contributed by atoms with Gasteiger partial charge in [-0.3, -0.25) is 4.79 Å². The van der Waals surface area contributed by atoms with Crippen molar-refractivity contribution in [3.05, 3.63) is 96.1 Å². The first-order chi connectivity index (χ1) is 14.6. The summed E-state index contributed by atoms with van der Waals surface area (Å²) in [5.41, 5.74) is 5.70. The molecule has 4 rings (SSSR count). The van der Waals surface area contributed by atoms with E-state index in [4.69, 9.17) is 0 Å². The van der Waals surface area contributed by atoms with Crippen molar-refractivity contribution in [3.8, 4) is 11.1 Å². The molecular formula is C27H28N2O. The third-order valence-electron chi connectivity index (χ3n) is 5.56. The van der Waals surface area contributed by atoms with Crippen LogP contribution < -0.4 is 4.90 Å². The van der Waals surface area contributed by atoms with Gasteiger partial charge >= 0.3 is 0 Å². The molecule has 0 fully saturated rings. The van der Waals surface area contributed by atoms with Gasteiger partial charge in [0.1, 0.15) is 0 Å². The molecule has 3 nitrogen and oxygen atoms in total. The van der Waals surface area contributed by atoms with Crippen molar-refractivity contribution in [2.45, 2.75) is 6.42 Å². The maximum absolute atomic E-state index is 13.1. The summed E-state index contributed by atoms with van der Waals surface area (Å²) in [7, 11) is 4.18. The second-order valence-corrected chi connectivity index (χ2v) is 8.23. The van der Waals surface area contributed by atoms with E-state index in [1.165, 1.54) is 16.7 Å². The van der Waals surface area contributed by atoms with Crippen LogP contribution in [0.2, 0.25) is 0 Å². The highest BCUT2D eigenvalue weighted by molar-refractivity contribution is 6.04. The number of amides is 1. The molecular weight excluding hydrogens is 368 g/mol. The molecule has 0 spiro atoms. The van der Waals surface area contributed by atoms with Gasteiger partial charge in [-0.2, -0.15) is 0 Å². The quantitative estimate of drug-likeness (QED) is 0.558. The number of carbonyl (C=O) groups excluding carboxylic acids is 1. The molecule has 0 N–H and O–H groups in total. The van der Waals surface area contributed by atoms with Gasteiger partial charge in [-0.25, -0.2) is 0 Å². The van der Waals surface area contributed by atoms with Gasteiger partial charge in [0.05, 0.1) is 0 Å². The lowest BCUT2D eigenvalue weighted by Crippen LogP contribution is -2.42. The molecule has 1 aliphatic rings. The Morgan fingerprint density at radius 3 is 2.33 bits per heavy atom. The highest BCUT2D eigenvalue weighted by Gasteiger charge is 2.27. The summed E-state index contributed by atoms with van der Waals surface area (Å²) < 4.78 is 0. The monoisotopic (exact) mass is 396 g/mol. The molecule has 3 aromatic rings. The van der Waals surface area contributed by atoms with Crippen LogP contribution in [0.15, 0.2) is 84.9 Å². The molecule has 0 bridgehead atoms. The van der Waals surface area contributed by atoms with Crippen LogP contribution in [0.25, 0.3) is 17.2 Å². The van der Waals surface area contributed by atoms with Crippen LogP contribution in [0, 0.1) is 5.92 Å². The molecule has 1 atom stereocenters. The van der Waals surface area contributed by atoms with Crippen LogP contribution in [-0.4, -0.2) is 38.0 Å². The molecule has 0 saturated heterocycles. The predicted octanol–water partition coefficient (Wildman–Crippen LogP) is 5.13. The molecule has 0 aromatic heterocycles. The summed E-state index contributed by atoms with van der Waals surface area (Å²) >= 11 is 0. The SMILES string of the molecule is CN(C)CC1Cc2ccccc2N(C(=O)/C=C/c2ccc(-c3ccccc3)cc2)C1. The summed E-state index contributed by atoms with van der Waals surface area (Å²) in [5.74, 6) is 0.482. The second-order valence-electron chi connectivity index (χ2n) is 8.23. The summed E-state index contributed by atoms with van der Waals surface area (Å²) in [4.78, 5) is 17.2. The molecule has 0 aliphatic carbocycles. The van der Waals surface area contributed by atoms with Gasteiger partial charge in [-0.15, -0.1) is 0 Å². The van der Waals surface area contributed by atoms with Crippen LogP contribution >= 0.6 is 0 Å². The Bertz CT molecular complexity index is 1020. The van der Waals surface area contributed by atoms with Crippen LogP contribution in [-0.2, 0) is 11.2 Å². The summed E-state index contributed by atoms with van der Waals surface area (Å²) in [5, 5.41) is 0. The number of hydrogen-bond acceptors (Lipinski definition) is 2. The number of fused-ring (bicyclic) bond motifs is 1. The van der Waals surface area contributed by atoms with E-state index in [-0.39, 0.29) is 5.91 Å². The highest BCUT2D eigenvalue weighted by atomic mass is 16.2. The van der Waals surface area contributed by atoms with E-state index in [0.717, 1.165) is 30.8 Å². The fourth-order valence-electron chi connectivity index (χ4n) is 4.20. The Labute approximate surface area is 179 Å². The normalized spacial score (nSPS) is 16.1. The van der Waals surface area contributed by atoms with E-state index in [1.54, 1.807) is 6.08 Å². The zero-order chi connectivity index (χ0) is 20.9. The van der Waals surface area contributed by atoms with E-state index in [1.807, 2.05) is 35.2 Å². The summed E-state index contributed by atoms with van der Waals surface area (Å²) in [6, 6.07) is 26.9. The van der Waals surface area contributed by atoms with Crippen molar-refractivity contribution in [2.75, 3.05) is 32.1 Å². The van der Waals surface area contributed by atoms with Gasteiger partial charge in [0.25, 0.3) is 5.91 Å². The second kappa shape index (κ2) is 9.10. The highest BCUT2D eigenvalue weighted by Crippen LogP contribution is 2.30. The minimum Gasteiger partial charge on any atom is -0.309 e. The molecule has 152 valence electrons. The number of hydrogen-bond donors (Lipinski definition) is 0. The van der Waals surface area contributed by atoms with Gasteiger partial charge in [-0.05, 0) is 60.8 Å². The fourth-order valence-corrected chi connectivity index (χ4v) is 4.20. The molecule has 3 heteroatoms. The first-order valence-corrected chi connectivity index (χ1v) is 10.5. The van der Waals surface area contributed by atoms with Gasteiger partial charge in [0, 0.05) is 24.9 Å². The third-order valence-corrected chi connectivity index (χ3v) is 5.56. The van der Waals surface area contributed by atoms with E-state index >= 15 is 0 Å². The lowest BCUT2D eigenvalue weighted by atomic mass is 9.92. The van der Waals surface area contributed by atoms with Crippen molar-refractivity contribution in [1.82, 2.24) is 4.90 Å². The van der Waals surface area contributed by atoms with E-state index in [9.17, 15) is 4.79 Å². The van der Waals surface area contributed by atoms with E-state index < -0.39 is 0 Å². The summed E-state index contributed by atoms with van der Waals surface area (Å²) in [6.07, 6.45) is 4.63. The van der Waals surface area contributed by atoms with Crippen molar-refractivity contribution in [1.29, 1.82) is 0 Å². The number of rotatable bonds is 5. The molecule has 30 heavy (non-hydrogen) atoms. The number of anilines is 1. The molecule has 0 radical (unpaired) electrons. The average Bonchev–Trinajstić information content (AvgIpc) is 2.77. The standard InChI is InChI=1S/C27H28N2O/c1-28(2)19-22-18-25-10-6-7-11-26(25)29(20-22)27(30)17-14-21-12-15-24(16-13-21)23-8-4-3-5-9-23/h3-17,22H,18-20H2,1-2H3/b17-14+. The first kappa shape index (κ1) is 20.1. The van der Waals surface area contributed by atoms with Gasteiger partial charge in [0.15, 0.2) is 0 Å². The molecule has 1 aliphatic heterocycles. The lowest BCUT2D eigenvalue weighted by molar-refractivity contribution is -0.114. The largest absolute Gasteiger partial charge is 0.309 e. The van der Waals surface area contributed by atoms with E-state index in [2.05, 4.69) is 73.6 Å². The minimum atomic E-state index is 0.0399. The number of para-hydroxylation sites is 1. The number of carbonyl (C=O) groups is 1. The first-order valence-electron chi connectivity index (χ1n) is 10.5. The fraction of sp³-hybridized carbons (Fsp3) is 0.222. The third kappa shape index (κ3) is 4.69. The Balaban J connectivity index is 1.50. The molecule has 1 heterocycles. The van der Waals surface area contributed by atoms with Crippen LogP contribution in [0.1, 0.15) is 11.1 Å². The molecule has 0 saturated carbocycles. The smallest absolute Gasteiger partial charge is 0.251 e. The Hall–Kier alpha value is -3.17. The maximum Gasteiger partial charge on any atom is 0.251 e. The van der Waals surface area contributed by atoms with Crippen molar-refractivity contribution in [3.63, 3.8) is 0 Å². The zero-order valence-electron chi connectivity index (χ0n) is 17.7. The molecule has 1 unspecified atom stereocenters. The Morgan fingerprint density at radius 1 is 0.933 bits per heavy atom. The van der Waals surface area contributed by atoms with Gasteiger partial charge in [0.2, 0.25) is 0 Å². The predicted molar refractivity (Wildman–Crippen MR) is 125 cm³/mol. The molecule has 1 amide bonds. The number of benzene rings is 3. The minimum absolute atomic E-state index is 0.0399. The van der Waals surface area contributed by atoms with Crippen LogP contribution in [0.3, 0.4) is 0 Å². The summed E-state index contributed by atoms with van der Waals surface area (Å²) in [6.45, 7) is 1.73. The lowest BCUT2D eigenvalue weighted by Gasteiger charge is -2.35. The zero-order valence-corrected chi connectivity index (χ0v) is 17.7. The Kier molecular flexibility index (Phi) is 6.10. The van der Waals surface area contributed by atoms with Crippen molar-refractivity contribution >= 4 is 17.7 Å². The van der Waals surface area contributed by atoms with Crippen molar-refractivity contribution < 1.29 is 4.79 Å². The molecule has 3 aromatic carbocycles. The maximum atomic E-state index is 13.1. The van der Waals surface area contributed by atoms with Gasteiger partial charge in [-0.1, -0.05) is 72.8 Å². The van der Waals surface area contributed by atoms with Crippen LogP contribution in [0.5, 0.6) is 0 Å². The van der Waals surface area contributed by atoms with Crippen LogP contribution in [0.4, 0.5) is 5.69 Å². The number of nitrogens with zero attached hydrogens (tertiary/aromatic N) is 2. The van der Waals surface area contributed by atoms with E-state index in [0.29, 0.717) is 5.92 Å². The topological polar surface area (TPSA) is 23.6 Å². The van der Waals surface area contributed by atoms with Crippen molar-refractivity contribution in [2.24, 2.45) is 5.92 Å². The average molecular weight is 397 g/mol. The van der Waals surface area contributed by atoms with Gasteiger partial charge < -0.3 is 9.80 Å². The Morgan fingerprint density at radius 2 is 1.60 bits per heavy atom.